The van der Waals surface area contributed by atoms with Gasteiger partial charge >= 0.3 is 0 Å². The van der Waals surface area contributed by atoms with Gasteiger partial charge in [0.1, 0.15) is 0 Å². The van der Waals surface area contributed by atoms with Crippen molar-refractivity contribution in [3.63, 3.8) is 0 Å². The summed E-state index contributed by atoms with van der Waals surface area (Å²) in [6.45, 7) is 3.97. The first-order chi connectivity index (χ1) is 12.2. The third kappa shape index (κ3) is 5.91. The molecule has 1 saturated carbocycles. The molecule has 2 N–H and O–H groups in total. The monoisotopic (exact) mass is 401 g/mol. The molecule has 0 aliphatic heterocycles. The Hall–Kier alpha value is -1.23. The van der Waals surface area contributed by atoms with Gasteiger partial charge in [-0.15, -0.1) is 0 Å². The molecule has 0 atom stereocenters. The number of nitrogens with two attached hydrogens (primary N) is 1. The molecule has 3 nitrogen and oxygen atoms in total. The first-order valence-corrected chi connectivity index (χ1v) is 10.1. The van der Waals surface area contributed by atoms with Gasteiger partial charge in [0.15, 0.2) is 0 Å². The average molecular weight is 402 g/mol. The Bertz CT molecular complexity index is 639. The van der Waals surface area contributed by atoms with Crippen LogP contribution in [0.3, 0.4) is 0 Å². The molecule has 0 radical (unpaired) electrons. The van der Waals surface area contributed by atoms with Crippen molar-refractivity contribution in [2.75, 3.05) is 13.1 Å². The lowest BCUT2D eigenvalue weighted by molar-refractivity contribution is 0.170. The summed E-state index contributed by atoms with van der Waals surface area (Å²) in [4.78, 5) is 6.73. The summed E-state index contributed by atoms with van der Waals surface area (Å²) in [5.41, 5.74) is 8.54. The van der Waals surface area contributed by atoms with E-state index < -0.39 is 0 Å². The Morgan fingerprint density at radius 3 is 2.32 bits per heavy atom. The van der Waals surface area contributed by atoms with E-state index in [2.05, 4.69) is 62.2 Å². The Labute approximate surface area is 159 Å². The second-order valence-corrected chi connectivity index (χ2v) is 8.19. The second-order valence-electron chi connectivity index (χ2n) is 7.28. The van der Waals surface area contributed by atoms with Gasteiger partial charge in [-0.3, -0.25) is 9.88 Å². The third-order valence-electron chi connectivity index (χ3n) is 5.27. The van der Waals surface area contributed by atoms with E-state index in [1.807, 2.05) is 12.4 Å². The van der Waals surface area contributed by atoms with Crippen molar-refractivity contribution in [2.45, 2.75) is 38.8 Å². The predicted molar refractivity (Wildman–Crippen MR) is 107 cm³/mol. The van der Waals surface area contributed by atoms with E-state index in [1.165, 1.54) is 36.8 Å². The van der Waals surface area contributed by atoms with Crippen LogP contribution in [0, 0.1) is 11.8 Å². The summed E-state index contributed by atoms with van der Waals surface area (Å²) >= 11 is 3.59. The molecule has 1 aromatic heterocycles. The topological polar surface area (TPSA) is 42.1 Å². The number of rotatable bonds is 7. The summed E-state index contributed by atoms with van der Waals surface area (Å²) < 4.78 is 1.15. The van der Waals surface area contributed by atoms with E-state index in [9.17, 15) is 0 Å². The first-order valence-electron chi connectivity index (χ1n) is 9.28. The maximum absolute atomic E-state index is 5.85. The lowest BCUT2D eigenvalue weighted by atomic mass is 9.82. The molecule has 1 heterocycles. The molecular formula is C21H28BrN3. The normalized spacial score (nSPS) is 20.8. The summed E-state index contributed by atoms with van der Waals surface area (Å²) in [6.07, 6.45) is 8.99. The fourth-order valence-electron chi connectivity index (χ4n) is 3.84. The predicted octanol–water partition coefficient (Wildman–Crippen LogP) is 4.61. The van der Waals surface area contributed by atoms with Gasteiger partial charge in [0.05, 0.1) is 0 Å². The van der Waals surface area contributed by atoms with Crippen molar-refractivity contribution < 1.29 is 0 Å². The molecule has 1 aliphatic carbocycles. The van der Waals surface area contributed by atoms with Crippen LogP contribution in [-0.4, -0.2) is 23.0 Å². The fraction of sp³-hybridized carbons (Fsp3) is 0.476. The minimum atomic E-state index is 0.745. The maximum atomic E-state index is 5.85. The molecule has 1 aromatic carbocycles. The molecule has 0 amide bonds. The number of aromatic nitrogens is 1. The fourth-order valence-corrected chi connectivity index (χ4v) is 4.29. The van der Waals surface area contributed by atoms with Gasteiger partial charge in [-0.2, -0.15) is 0 Å². The number of hydrogen-bond acceptors (Lipinski definition) is 3. The van der Waals surface area contributed by atoms with Crippen LogP contribution in [-0.2, 0) is 13.1 Å². The Morgan fingerprint density at radius 2 is 1.64 bits per heavy atom. The van der Waals surface area contributed by atoms with Gasteiger partial charge in [0, 0.05) is 36.5 Å². The molecule has 134 valence electrons. The maximum Gasteiger partial charge on any atom is 0.0271 e. The number of benzene rings is 1. The van der Waals surface area contributed by atoms with Crippen LogP contribution in [0.4, 0.5) is 0 Å². The number of pyridine rings is 1. The van der Waals surface area contributed by atoms with Crippen LogP contribution in [0.5, 0.6) is 0 Å². The molecule has 0 bridgehead atoms. The summed E-state index contributed by atoms with van der Waals surface area (Å²) in [5.74, 6) is 1.53. The molecule has 4 heteroatoms. The van der Waals surface area contributed by atoms with Gasteiger partial charge in [-0.05, 0) is 79.5 Å². The van der Waals surface area contributed by atoms with Crippen molar-refractivity contribution in [2.24, 2.45) is 17.6 Å². The number of hydrogen-bond donors (Lipinski definition) is 1. The minimum absolute atomic E-state index is 0.745. The summed E-state index contributed by atoms with van der Waals surface area (Å²) in [6, 6.07) is 12.9. The van der Waals surface area contributed by atoms with Crippen LogP contribution >= 0.6 is 15.9 Å². The number of halogens is 1. The highest BCUT2D eigenvalue weighted by molar-refractivity contribution is 9.10. The zero-order valence-electron chi connectivity index (χ0n) is 14.8. The zero-order chi connectivity index (χ0) is 17.5. The van der Waals surface area contributed by atoms with E-state index in [1.54, 1.807) is 0 Å². The molecule has 25 heavy (non-hydrogen) atoms. The highest BCUT2D eigenvalue weighted by Gasteiger charge is 2.22. The molecule has 2 aromatic rings. The largest absolute Gasteiger partial charge is 0.330 e. The molecule has 0 spiro atoms. The third-order valence-corrected chi connectivity index (χ3v) is 5.76. The Balaban J connectivity index is 1.65. The molecule has 1 aliphatic rings. The minimum Gasteiger partial charge on any atom is -0.330 e. The van der Waals surface area contributed by atoms with Crippen LogP contribution in [0.15, 0.2) is 53.3 Å². The lowest BCUT2D eigenvalue weighted by Gasteiger charge is -2.32. The van der Waals surface area contributed by atoms with Gasteiger partial charge < -0.3 is 5.73 Å². The van der Waals surface area contributed by atoms with Gasteiger partial charge in [0.2, 0.25) is 0 Å². The quantitative estimate of drug-likeness (QED) is 0.736. The smallest absolute Gasteiger partial charge is 0.0271 e. The molecule has 3 rings (SSSR count). The van der Waals surface area contributed by atoms with E-state index in [0.717, 1.165) is 42.5 Å². The van der Waals surface area contributed by atoms with Crippen molar-refractivity contribution >= 4 is 15.9 Å². The standard InChI is InChI=1S/C21H28BrN3/c22-21-3-1-2-20(12-21)16-25(15-19-8-10-24-11-9-19)14-18-6-4-17(13-23)5-7-18/h1-3,8-12,17-18H,4-7,13-16,23H2. The van der Waals surface area contributed by atoms with Crippen LogP contribution in [0.2, 0.25) is 0 Å². The Kier molecular flexibility index (Phi) is 7.02. The lowest BCUT2D eigenvalue weighted by Crippen LogP contribution is -2.32. The molecule has 0 saturated heterocycles. The second kappa shape index (κ2) is 9.46. The summed E-state index contributed by atoms with van der Waals surface area (Å²) in [7, 11) is 0. The van der Waals surface area contributed by atoms with E-state index in [4.69, 9.17) is 5.73 Å². The SMILES string of the molecule is NCC1CCC(CN(Cc2ccncc2)Cc2cccc(Br)c2)CC1. The van der Waals surface area contributed by atoms with Gasteiger partial charge in [-0.1, -0.05) is 28.1 Å². The highest BCUT2D eigenvalue weighted by Crippen LogP contribution is 2.29. The van der Waals surface area contributed by atoms with Crippen molar-refractivity contribution in [1.29, 1.82) is 0 Å². The number of nitrogens with zero attached hydrogens (tertiary/aromatic N) is 2. The van der Waals surface area contributed by atoms with Crippen LogP contribution in [0.1, 0.15) is 36.8 Å². The van der Waals surface area contributed by atoms with E-state index in [-0.39, 0.29) is 0 Å². The van der Waals surface area contributed by atoms with Gasteiger partial charge in [-0.25, -0.2) is 0 Å². The highest BCUT2D eigenvalue weighted by atomic mass is 79.9. The first kappa shape index (κ1) is 18.6. The van der Waals surface area contributed by atoms with Gasteiger partial charge in [0.25, 0.3) is 0 Å². The Morgan fingerprint density at radius 1 is 0.960 bits per heavy atom. The zero-order valence-corrected chi connectivity index (χ0v) is 16.4. The molecule has 0 unspecified atom stereocenters. The van der Waals surface area contributed by atoms with Crippen LogP contribution in [0.25, 0.3) is 0 Å². The van der Waals surface area contributed by atoms with Crippen LogP contribution < -0.4 is 5.73 Å². The molecule has 1 fully saturated rings. The summed E-state index contributed by atoms with van der Waals surface area (Å²) in [5, 5.41) is 0. The average Bonchev–Trinajstić information content (AvgIpc) is 2.63. The molecular weight excluding hydrogens is 374 g/mol. The van der Waals surface area contributed by atoms with E-state index >= 15 is 0 Å². The van der Waals surface area contributed by atoms with Crippen molar-refractivity contribution in [1.82, 2.24) is 9.88 Å². The van der Waals surface area contributed by atoms with Crippen molar-refractivity contribution in [3.8, 4) is 0 Å². The van der Waals surface area contributed by atoms with Crippen molar-refractivity contribution in [3.05, 3.63) is 64.4 Å². The van der Waals surface area contributed by atoms with E-state index in [0.29, 0.717) is 0 Å².